The van der Waals surface area contributed by atoms with E-state index in [2.05, 4.69) is 6.07 Å². The second kappa shape index (κ2) is 5.67. The first-order chi connectivity index (χ1) is 9.72. The number of piperidine rings is 1. The lowest BCUT2D eigenvalue weighted by Crippen LogP contribution is -2.39. The molecular formula is C16H19NO3. The van der Waals surface area contributed by atoms with Crippen molar-refractivity contribution >= 4 is 12.0 Å². The van der Waals surface area contributed by atoms with Crippen molar-refractivity contribution in [2.75, 3.05) is 19.7 Å². The van der Waals surface area contributed by atoms with Gasteiger partial charge in [-0.05, 0) is 42.2 Å². The quantitative estimate of drug-likeness (QED) is 0.833. The summed E-state index contributed by atoms with van der Waals surface area (Å²) < 4.78 is 5.46. The van der Waals surface area contributed by atoms with Gasteiger partial charge in [-0.3, -0.25) is 4.79 Å². The van der Waals surface area contributed by atoms with Crippen molar-refractivity contribution in [1.29, 1.82) is 0 Å². The summed E-state index contributed by atoms with van der Waals surface area (Å²) in [5.74, 6) is 0.979. The minimum absolute atomic E-state index is 0.0219. The van der Waals surface area contributed by atoms with Crippen LogP contribution in [0.5, 0.6) is 5.75 Å². The molecule has 2 aliphatic heterocycles. The minimum Gasteiger partial charge on any atom is -0.493 e. The molecule has 0 aromatic heterocycles. The molecule has 0 bridgehead atoms. The minimum atomic E-state index is -0.250. The lowest BCUT2D eigenvalue weighted by atomic mass is 10.1. The fourth-order valence-corrected chi connectivity index (χ4v) is 2.67. The number of hydrogen-bond donors (Lipinski definition) is 1. The number of nitrogens with zero attached hydrogens (tertiary/aromatic N) is 1. The topological polar surface area (TPSA) is 49.8 Å². The first kappa shape index (κ1) is 13.2. The third-order valence-corrected chi connectivity index (χ3v) is 3.91. The van der Waals surface area contributed by atoms with Crippen LogP contribution in [0.1, 0.15) is 24.0 Å². The molecule has 4 heteroatoms. The van der Waals surface area contributed by atoms with E-state index in [4.69, 9.17) is 4.74 Å². The lowest BCUT2D eigenvalue weighted by Gasteiger charge is -2.28. The molecule has 0 radical (unpaired) electrons. The van der Waals surface area contributed by atoms with Crippen LogP contribution < -0.4 is 4.74 Å². The molecule has 1 fully saturated rings. The van der Waals surface area contributed by atoms with Gasteiger partial charge in [0.1, 0.15) is 5.75 Å². The van der Waals surface area contributed by atoms with Crippen LogP contribution in [0, 0.1) is 0 Å². The Morgan fingerprint density at radius 3 is 2.95 bits per heavy atom. The van der Waals surface area contributed by atoms with Gasteiger partial charge in [-0.15, -0.1) is 0 Å². The van der Waals surface area contributed by atoms with E-state index >= 15 is 0 Å². The van der Waals surface area contributed by atoms with Crippen LogP contribution in [0.3, 0.4) is 0 Å². The summed E-state index contributed by atoms with van der Waals surface area (Å²) in [5, 5.41) is 9.44. The Bertz CT molecular complexity index is 531. The van der Waals surface area contributed by atoms with Crippen molar-refractivity contribution in [2.45, 2.75) is 25.4 Å². The fraction of sp³-hybridized carbons (Fsp3) is 0.438. The van der Waals surface area contributed by atoms with Gasteiger partial charge in [0.2, 0.25) is 5.91 Å². The van der Waals surface area contributed by atoms with Crippen molar-refractivity contribution in [3.63, 3.8) is 0 Å². The third kappa shape index (κ3) is 2.85. The second-order valence-corrected chi connectivity index (χ2v) is 5.36. The number of rotatable bonds is 2. The van der Waals surface area contributed by atoms with E-state index in [1.165, 1.54) is 5.56 Å². The number of hydrogen-bond acceptors (Lipinski definition) is 3. The van der Waals surface area contributed by atoms with Crippen LogP contribution in [0.25, 0.3) is 6.08 Å². The van der Waals surface area contributed by atoms with Crippen molar-refractivity contribution < 1.29 is 14.6 Å². The average molecular weight is 273 g/mol. The molecule has 0 atom stereocenters. The van der Waals surface area contributed by atoms with Gasteiger partial charge >= 0.3 is 0 Å². The predicted octanol–water partition coefficient (Wildman–Crippen LogP) is 1.62. The molecule has 106 valence electrons. The van der Waals surface area contributed by atoms with E-state index in [0.717, 1.165) is 24.3 Å². The summed E-state index contributed by atoms with van der Waals surface area (Å²) in [6, 6.07) is 6.00. The Kier molecular flexibility index (Phi) is 3.74. The highest BCUT2D eigenvalue weighted by atomic mass is 16.5. The van der Waals surface area contributed by atoms with E-state index in [1.807, 2.05) is 18.2 Å². The van der Waals surface area contributed by atoms with Gasteiger partial charge in [0.15, 0.2) is 0 Å². The summed E-state index contributed by atoms with van der Waals surface area (Å²) >= 11 is 0. The Morgan fingerprint density at radius 2 is 2.15 bits per heavy atom. The first-order valence-corrected chi connectivity index (χ1v) is 7.13. The Balaban J connectivity index is 1.63. The number of likely N-dealkylation sites (tertiary alicyclic amines) is 1. The van der Waals surface area contributed by atoms with Gasteiger partial charge in [-0.25, -0.2) is 0 Å². The normalized spacial score (nSPS) is 19.1. The number of aliphatic hydroxyl groups is 1. The number of ether oxygens (including phenoxy) is 1. The zero-order valence-electron chi connectivity index (χ0n) is 11.4. The maximum absolute atomic E-state index is 12.0. The van der Waals surface area contributed by atoms with E-state index in [-0.39, 0.29) is 12.0 Å². The summed E-state index contributed by atoms with van der Waals surface area (Å²) in [7, 11) is 0. The van der Waals surface area contributed by atoms with E-state index in [1.54, 1.807) is 11.0 Å². The molecule has 0 aliphatic carbocycles. The summed E-state index contributed by atoms with van der Waals surface area (Å²) in [5.41, 5.74) is 2.24. The molecular weight excluding hydrogens is 254 g/mol. The zero-order valence-corrected chi connectivity index (χ0v) is 11.4. The van der Waals surface area contributed by atoms with Crippen LogP contribution in [0.2, 0.25) is 0 Å². The van der Waals surface area contributed by atoms with Gasteiger partial charge in [-0.2, -0.15) is 0 Å². The summed E-state index contributed by atoms with van der Waals surface area (Å²) in [6.45, 7) is 2.03. The van der Waals surface area contributed by atoms with Crippen LogP contribution in [0.15, 0.2) is 24.3 Å². The van der Waals surface area contributed by atoms with Gasteiger partial charge < -0.3 is 14.7 Å². The van der Waals surface area contributed by atoms with E-state index < -0.39 is 0 Å². The average Bonchev–Trinajstić information content (AvgIpc) is 2.93. The van der Waals surface area contributed by atoms with Crippen molar-refractivity contribution in [2.24, 2.45) is 0 Å². The van der Waals surface area contributed by atoms with E-state index in [9.17, 15) is 9.90 Å². The molecule has 1 saturated heterocycles. The zero-order chi connectivity index (χ0) is 13.9. The monoisotopic (exact) mass is 273 g/mol. The number of aliphatic hydroxyl groups excluding tert-OH is 1. The molecule has 4 nitrogen and oxygen atoms in total. The molecule has 20 heavy (non-hydrogen) atoms. The first-order valence-electron chi connectivity index (χ1n) is 7.13. The number of amides is 1. The molecule has 2 aliphatic rings. The molecule has 1 aromatic rings. The van der Waals surface area contributed by atoms with Crippen molar-refractivity contribution in [3.8, 4) is 5.75 Å². The van der Waals surface area contributed by atoms with Crippen LogP contribution in [-0.4, -0.2) is 41.7 Å². The molecule has 2 heterocycles. The largest absolute Gasteiger partial charge is 0.493 e. The Hall–Kier alpha value is -1.81. The fourth-order valence-electron chi connectivity index (χ4n) is 2.67. The number of fused-ring (bicyclic) bond motifs is 1. The lowest BCUT2D eigenvalue weighted by molar-refractivity contribution is -0.127. The van der Waals surface area contributed by atoms with Crippen LogP contribution in [-0.2, 0) is 11.2 Å². The number of carbonyl (C=O) groups excluding carboxylic acids is 1. The highest BCUT2D eigenvalue weighted by molar-refractivity contribution is 5.91. The number of carbonyl (C=O) groups is 1. The van der Waals surface area contributed by atoms with Crippen LogP contribution >= 0.6 is 0 Å². The van der Waals surface area contributed by atoms with Gasteiger partial charge in [-0.1, -0.05) is 6.07 Å². The summed E-state index contributed by atoms with van der Waals surface area (Å²) in [6.07, 6.45) is 5.52. The van der Waals surface area contributed by atoms with Gasteiger partial charge in [0, 0.05) is 25.6 Å². The maximum Gasteiger partial charge on any atom is 0.246 e. The maximum atomic E-state index is 12.0. The highest BCUT2D eigenvalue weighted by Crippen LogP contribution is 2.26. The van der Waals surface area contributed by atoms with Crippen molar-refractivity contribution in [3.05, 3.63) is 35.4 Å². The standard InChI is InChI=1S/C16H19NO3/c18-14-5-8-17(9-6-14)16(19)4-2-12-1-3-15-13(11-12)7-10-20-15/h1-4,11,14,18H,5-10H2/b4-2+. The highest BCUT2D eigenvalue weighted by Gasteiger charge is 2.19. The molecule has 0 unspecified atom stereocenters. The smallest absolute Gasteiger partial charge is 0.246 e. The van der Waals surface area contributed by atoms with Gasteiger partial charge in [0.25, 0.3) is 0 Å². The molecule has 0 saturated carbocycles. The van der Waals surface area contributed by atoms with E-state index in [0.29, 0.717) is 25.9 Å². The van der Waals surface area contributed by atoms with Crippen LogP contribution in [0.4, 0.5) is 0 Å². The second-order valence-electron chi connectivity index (χ2n) is 5.36. The molecule has 1 aromatic carbocycles. The molecule has 1 N–H and O–H groups in total. The Morgan fingerprint density at radius 1 is 1.35 bits per heavy atom. The molecule has 3 rings (SSSR count). The summed E-state index contributed by atoms with van der Waals surface area (Å²) in [4.78, 5) is 13.8. The molecule has 0 spiro atoms. The third-order valence-electron chi connectivity index (χ3n) is 3.91. The SMILES string of the molecule is O=C(/C=C/c1ccc2c(c1)CCO2)N1CCC(O)CC1. The molecule has 1 amide bonds. The van der Waals surface area contributed by atoms with Gasteiger partial charge in [0.05, 0.1) is 12.7 Å². The Labute approximate surface area is 118 Å². The predicted molar refractivity (Wildman–Crippen MR) is 76.5 cm³/mol. The number of benzene rings is 1. The van der Waals surface area contributed by atoms with Crippen molar-refractivity contribution in [1.82, 2.24) is 4.90 Å².